The molecule has 0 aliphatic carbocycles. The quantitative estimate of drug-likeness (QED) is 0.533. The van der Waals surface area contributed by atoms with E-state index in [0.29, 0.717) is 29.0 Å². The molecule has 0 aliphatic heterocycles. The Labute approximate surface area is 165 Å². The number of aromatic nitrogens is 2. The van der Waals surface area contributed by atoms with Crippen molar-refractivity contribution in [1.82, 2.24) is 9.55 Å². The SMILES string of the molecule is COC[C@H](C)n1c(C)cc(C(=O)COC(=O)c2[nH]c(C)c([C@H](C)O)c2C)c1C. The number of aromatic amines is 1. The van der Waals surface area contributed by atoms with Crippen LogP contribution in [0.3, 0.4) is 0 Å². The van der Waals surface area contributed by atoms with Crippen LogP contribution in [0.25, 0.3) is 0 Å². The van der Waals surface area contributed by atoms with Crippen molar-refractivity contribution >= 4 is 11.8 Å². The smallest absolute Gasteiger partial charge is 0.355 e. The largest absolute Gasteiger partial charge is 0.453 e. The van der Waals surface area contributed by atoms with E-state index in [0.717, 1.165) is 11.4 Å². The average Bonchev–Trinajstić information content (AvgIpc) is 3.08. The van der Waals surface area contributed by atoms with Crippen molar-refractivity contribution in [3.05, 3.63) is 45.5 Å². The summed E-state index contributed by atoms with van der Waals surface area (Å²) in [6, 6.07) is 1.91. The summed E-state index contributed by atoms with van der Waals surface area (Å²) >= 11 is 0. The number of rotatable bonds is 8. The zero-order chi connectivity index (χ0) is 21.2. The molecule has 2 aromatic heterocycles. The molecule has 0 saturated carbocycles. The van der Waals surface area contributed by atoms with E-state index in [1.54, 1.807) is 27.9 Å². The van der Waals surface area contributed by atoms with Crippen LogP contribution in [-0.4, -0.2) is 46.7 Å². The second kappa shape index (κ2) is 8.75. The van der Waals surface area contributed by atoms with Crippen LogP contribution in [0.1, 0.15) is 75.0 Å². The molecule has 0 aliphatic rings. The van der Waals surface area contributed by atoms with Gasteiger partial charge in [0.05, 0.1) is 18.8 Å². The van der Waals surface area contributed by atoms with Gasteiger partial charge in [-0.05, 0) is 53.2 Å². The molecular weight excluding hydrogens is 360 g/mol. The van der Waals surface area contributed by atoms with Crippen molar-refractivity contribution in [2.24, 2.45) is 0 Å². The minimum atomic E-state index is -0.695. The van der Waals surface area contributed by atoms with Gasteiger partial charge in [0.2, 0.25) is 5.78 Å². The number of hydrogen-bond donors (Lipinski definition) is 2. The molecule has 7 nitrogen and oxygen atoms in total. The Morgan fingerprint density at radius 3 is 2.39 bits per heavy atom. The molecule has 0 bridgehead atoms. The van der Waals surface area contributed by atoms with Gasteiger partial charge in [-0.1, -0.05) is 0 Å². The predicted molar refractivity (Wildman–Crippen MR) is 106 cm³/mol. The zero-order valence-corrected chi connectivity index (χ0v) is 17.7. The van der Waals surface area contributed by atoms with Gasteiger partial charge in [-0.15, -0.1) is 0 Å². The van der Waals surface area contributed by atoms with Crippen LogP contribution >= 0.6 is 0 Å². The third kappa shape index (κ3) is 4.20. The van der Waals surface area contributed by atoms with Crippen molar-refractivity contribution in [2.75, 3.05) is 20.3 Å². The third-order valence-corrected chi connectivity index (χ3v) is 5.09. The maximum absolute atomic E-state index is 12.6. The number of H-pyrrole nitrogens is 1. The second-order valence-corrected chi connectivity index (χ2v) is 7.30. The van der Waals surface area contributed by atoms with Gasteiger partial charge in [-0.2, -0.15) is 0 Å². The first-order valence-electron chi connectivity index (χ1n) is 9.34. The molecule has 2 rings (SSSR count). The molecule has 0 saturated heterocycles. The molecule has 7 heteroatoms. The molecule has 0 radical (unpaired) electrons. The van der Waals surface area contributed by atoms with E-state index in [2.05, 4.69) is 4.98 Å². The molecule has 28 heavy (non-hydrogen) atoms. The monoisotopic (exact) mass is 390 g/mol. The molecule has 2 atom stereocenters. The summed E-state index contributed by atoms with van der Waals surface area (Å²) in [4.78, 5) is 28.0. The van der Waals surface area contributed by atoms with Gasteiger partial charge in [0, 0.05) is 35.3 Å². The number of nitrogens with zero attached hydrogens (tertiary/aromatic N) is 1. The van der Waals surface area contributed by atoms with E-state index in [9.17, 15) is 14.7 Å². The lowest BCUT2D eigenvalue weighted by molar-refractivity contribution is 0.0468. The number of carbonyl (C=O) groups is 2. The highest BCUT2D eigenvalue weighted by Crippen LogP contribution is 2.25. The van der Waals surface area contributed by atoms with Gasteiger partial charge in [-0.25, -0.2) is 4.79 Å². The topological polar surface area (TPSA) is 93.5 Å². The standard InChI is InChI=1S/C21H30N2O5/c1-11-8-17(15(5)23(11)12(2)9-27-7)18(25)10-28-21(26)20-13(3)19(16(6)24)14(4)22-20/h8,12,16,22,24H,9-10H2,1-7H3/t12-,16-/m0/s1. The molecule has 0 aromatic carbocycles. The van der Waals surface area contributed by atoms with E-state index < -0.39 is 12.1 Å². The fourth-order valence-electron chi connectivity index (χ4n) is 3.93. The van der Waals surface area contributed by atoms with Crippen LogP contribution in [-0.2, 0) is 9.47 Å². The fraction of sp³-hybridized carbons (Fsp3) is 0.524. The first-order valence-corrected chi connectivity index (χ1v) is 9.34. The molecule has 0 fully saturated rings. The number of aliphatic hydroxyl groups excluding tert-OH is 1. The van der Waals surface area contributed by atoms with Crippen LogP contribution < -0.4 is 0 Å². The summed E-state index contributed by atoms with van der Waals surface area (Å²) in [5.74, 6) is -0.864. The highest BCUT2D eigenvalue weighted by molar-refractivity contribution is 6.00. The van der Waals surface area contributed by atoms with Gasteiger partial charge in [0.1, 0.15) is 5.69 Å². The van der Waals surface area contributed by atoms with Gasteiger partial charge < -0.3 is 24.1 Å². The van der Waals surface area contributed by atoms with Crippen molar-refractivity contribution in [3.63, 3.8) is 0 Å². The van der Waals surface area contributed by atoms with Crippen LogP contribution in [0.5, 0.6) is 0 Å². The van der Waals surface area contributed by atoms with Gasteiger partial charge in [0.15, 0.2) is 6.61 Å². The fourth-order valence-corrected chi connectivity index (χ4v) is 3.93. The van der Waals surface area contributed by atoms with E-state index in [1.807, 2.05) is 31.4 Å². The lowest BCUT2D eigenvalue weighted by Crippen LogP contribution is -2.17. The summed E-state index contributed by atoms with van der Waals surface area (Å²) in [7, 11) is 1.64. The Morgan fingerprint density at radius 2 is 1.86 bits per heavy atom. The Hall–Kier alpha value is -2.38. The number of carbonyl (C=O) groups excluding carboxylic acids is 2. The van der Waals surface area contributed by atoms with Gasteiger partial charge >= 0.3 is 5.97 Å². The number of ketones is 1. The van der Waals surface area contributed by atoms with Gasteiger partial charge in [-0.3, -0.25) is 4.79 Å². The van der Waals surface area contributed by atoms with E-state index >= 15 is 0 Å². The number of hydrogen-bond acceptors (Lipinski definition) is 5. The highest BCUT2D eigenvalue weighted by atomic mass is 16.5. The first-order chi connectivity index (χ1) is 13.1. The lowest BCUT2D eigenvalue weighted by atomic mass is 10.1. The number of ether oxygens (including phenoxy) is 2. The number of esters is 1. The zero-order valence-electron chi connectivity index (χ0n) is 17.7. The Bertz CT molecular complexity index is 876. The van der Waals surface area contributed by atoms with E-state index in [1.165, 1.54) is 0 Å². The second-order valence-electron chi connectivity index (χ2n) is 7.30. The van der Waals surface area contributed by atoms with Crippen molar-refractivity contribution in [2.45, 2.75) is 53.7 Å². The van der Waals surface area contributed by atoms with Crippen molar-refractivity contribution in [1.29, 1.82) is 0 Å². The molecule has 2 aromatic rings. The maximum Gasteiger partial charge on any atom is 0.355 e. The molecule has 2 heterocycles. The molecule has 154 valence electrons. The van der Waals surface area contributed by atoms with Crippen LogP contribution in [0.4, 0.5) is 0 Å². The molecule has 0 amide bonds. The minimum absolute atomic E-state index is 0.0949. The Balaban J connectivity index is 2.14. The molecule has 2 N–H and O–H groups in total. The van der Waals surface area contributed by atoms with Crippen molar-refractivity contribution in [3.8, 4) is 0 Å². The molecule has 0 unspecified atom stereocenters. The summed E-state index contributed by atoms with van der Waals surface area (Å²) < 4.78 is 12.5. The number of methoxy groups -OCH3 is 1. The average molecular weight is 390 g/mol. The van der Waals surface area contributed by atoms with Crippen LogP contribution in [0, 0.1) is 27.7 Å². The number of Topliss-reactive ketones (excluding diaryl/α,β-unsaturated/α-hetero) is 1. The summed E-state index contributed by atoms with van der Waals surface area (Å²) in [5, 5.41) is 9.85. The number of aliphatic hydroxyl groups is 1. The Kier molecular flexibility index (Phi) is 6.85. The van der Waals surface area contributed by atoms with Crippen LogP contribution in [0.15, 0.2) is 6.07 Å². The minimum Gasteiger partial charge on any atom is -0.453 e. The predicted octanol–water partition coefficient (Wildman–Crippen LogP) is 3.35. The summed E-state index contributed by atoms with van der Waals surface area (Å²) in [6.45, 7) is 11.2. The van der Waals surface area contributed by atoms with E-state index in [4.69, 9.17) is 9.47 Å². The molecule has 0 spiro atoms. The first kappa shape index (κ1) is 21.9. The lowest BCUT2D eigenvalue weighted by Gasteiger charge is -2.17. The summed E-state index contributed by atoms with van der Waals surface area (Å²) in [5.41, 5.74) is 4.60. The maximum atomic E-state index is 12.6. The van der Waals surface area contributed by atoms with Crippen LogP contribution in [0.2, 0.25) is 0 Å². The van der Waals surface area contributed by atoms with Crippen molar-refractivity contribution < 1.29 is 24.2 Å². The highest BCUT2D eigenvalue weighted by Gasteiger charge is 2.23. The Morgan fingerprint density at radius 1 is 1.21 bits per heavy atom. The third-order valence-electron chi connectivity index (χ3n) is 5.09. The summed E-state index contributed by atoms with van der Waals surface area (Å²) in [6.07, 6.45) is -0.695. The number of nitrogens with one attached hydrogen (secondary N) is 1. The van der Waals surface area contributed by atoms with E-state index in [-0.39, 0.29) is 24.1 Å². The normalized spacial score (nSPS) is 13.4. The number of aryl methyl sites for hydroxylation is 2. The van der Waals surface area contributed by atoms with Gasteiger partial charge in [0.25, 0.3) is 0 Å². The molecular formula is C21H30N2O5.